The van der Waals surface area contributed by atoms with Crippen LogP contribution in [0.4, 0.5) is 0 Å². The van der Waals surface area contributed by atoms with Crippen LogP contribution in [0.5, 0.6) is 0 Å². The lowest BCUT2D eigenvalue weighted by Crippen LogP contribution is -2.56. The standard InChI is InChI=1S/C13H16N2OS/c1-10-2-4-11(5-3-10)13-9-17-8-12(16)15(13)7-6-14-13/h2-5,14H,6-9H2,1H3. The first-order valence-electron chi connectivity index (χ1n) is 5.93. The van der Waals surface area contributed by atoms with E-state index in [1.807, 2.05) is 4.90 Å². The molecule has 1 N–H and O–H groups in total. The number of carbonyl (C=O) groups is 1. The van der Waals surface area contributed by atoms with Crippen LogP contribution < -0.4 is 5.32 Å². The summed E-state index contributed by atoms with van der Waals surface area (Å²) in [6.45, 7) is 3.80. The number of benzene rings is 1. The minimum atomic E-state index is -0.256. The molecule has 0 aliphatic carbocycles. The van der Waals surface area contributed by atoms with Gasteiger partial charge in [-0.2, -0.15) is 0 Å². The minimum absolute atomic E-state index is 0.256. The van der Waals surface area contributed by atoms with Crippen molar-refractivity contribution in [2.24, 2.45) is 0 Å². The van der Waals surface area contributed by atoms with Crippen LogP contribution in [-0.2, 0) is 10.5 Å². The molecule has 1 unspecified atom stereocenters. The Hall–Kier alpha value is -1.00. The Kier molecular flexibility index (Phi) is 2.64. The molecule has 1 amide bonds. The number of hydrogen-bond acceptors (Lipinski definition) is 3. The molecular formula is C13H16N2OS. The Balaban J connectivity index is 2.03. The number of rotatable bonds is 1. The second-order valence-corrected chi connectivity index (χ2v) is 5.68. The van der Waals surface area contributed by atoms with Gasteiger partial charge in [0.25, 0.3) is 0 Å². The van der Waals surface area contributed by atoms with E-state index < -0.39 is 0 Å². The van der Waals surface area contributed by atoms with E-state index in [0.717, 1.165) is 18.8 Å². The molecule has 0 bridgehead atoms. The first-order valence-corrected chi connectivity index (χ1v) is 7.08. The summed E-state index contributed by atoms with van der Waals surface area (Å²) in [4.78, 5) is 14.0. The van der Waals surface area contributed by atoms with Crippen LogP contribution in [0, 0.1) is 6.92 Å². The fourth-order valence-corrected chi connectivity index (χ4v) is 3.81. The van der Waals surface area contributed by atoms with E-state index in [4.69, 9.17) is 0 Å². The summed E-state index contributed by atoms with van der Waals surface area (Å²) < 4.78 is 0. The summed E-state index contributed by atoms with van der Waals surface area (Å²) in [5.74, 6) is 1.82. The van der Waals surface area contributed by atoms with Gasteiger partial charge in [-0.1, -0.05) is 29.8 Å². The van der Waals surface area contributed by atoms with E-state index in [1.54, 1.807) is 11.8 Å². The molecule has 3 nitrogen and oxygen atoms in total. The normalized spacial score (nSPS) is 28.3. The lowest BCUT2D eigenvalue weighted by atomic mass is 9.99. The summed E-state index contributed by atoms with van der Waals surface area (Å²) in [5.41, 5.74) is 2.21. The van der Waals surface area contributed by atoms with Gasteiger partial charge >= 0.3 is 0 Å². The van der Waals surface area contributed by atoms with Crippen LogP contribution in [0.25, 0.3) is 0 Å². The van der Waals surface area contributed by atoms with Gasteiger partial charge in [0.15, 0.2) is 0 Å². The maximum Gasteiger partial charge on any atom is 0.234 e. The predicted molar refractivity (Wildman–Crippen MR) is 69.9 cm³/mol. The van der Waals surface area contributed by atoms with Crippen molar-refractivity contribution in [3.05, 3.63) is 35.4 Å². The average molecular weight is 248 g/mol. The second-order valence-electron chi connectivity index (χ2n) is 4.69. The number of carbonyl (C=O) groups excluding carboxylic acids is 1. The first kappa shape index (κ1) is 11.1. The molecule has 1 aromatic rings. The number of nitrogens with one attached hydrogen (secondary N) is 1. The van der Waals surface area contributed by atoms with E-state index in [1.165, 1.54) is 11.1 Å². The molecule has 2 aliphatic rings. The largest absolute Gasteiger partial charge is 0.317 e. The van der Waals surface area contributed by atoms with Crippen LogP contribution in [0.2, 0.25) is 0 Å². The van der Waals surface area contributed by atoms with Gasteiger partial charge < -0.3 is 4.90 Å². The third-order valence-corrected chi connectivity index (χ3v) is 4.65. The highest BCUT2D eigenvalue weighted by Crippen LogP contribution is 2.36. The highest BCUT2D eigenvalue weighted by molar-refractivity contribution is 8.00. The molecule has 3 rings (SSSR count). The molecule has 0 spiro atoms. The Bertz CT molecular complexity index is 445. The Morgan fingerprint density at radius 2 is 2.12 bits per heavy atom. The fraction of sp³-hybridized carbons (Fsp3) is 0.462. The van der Waals surface area contributed by atoms with E-state index in [2.05, 4.69) is 36.5 Å². The number of hydrogen-bond donors (Lipinski definition) is 1. The van der Waals surface area contributed by atoms with Crippen molar-refractivity contribution in [3.63, 3.8) is 0 Å². The topological polar surface area (TPSA) is 32.3 Å². The Morgan fingerprint density at radius 3 is 2.88 bits per heavy atom. The van der Waals surface area contributed by atoms with Gasteiger partial charge in [-0.3, -0.25) is 10.1 Å². The molecule has 0 aromatic heterocycles. The molecule has 17 heavy (non-hydrogen) atoms. The van der Waals surface area contributed by atoms with E-state index in [9.17, 15) is 4.79 Å². The van der Waals surface area contributed by atoms with E-state index >= 15 is 0 Å². The fourth-order valence-electron chi connectivity index (χ4n) is 2.66. The van der Waals surface area contributed by atoms with Gasteiger partial charge in [0, 0.05) is 18.8 Å². The smallest absolute Gasteiger partial charge is 0.234 e. The van der Waals surface area contributed by atoms with Crippen LogP contribution in [0.1, 0.15) is 11.1 Å². The summed E-state index contributed by atoms with van der Waals surface area (Å²) in [7, 11) is 0. The molecular weight excluding hydrogens is 232 g/mol. The molecule has 1 aromatic carbocycles. The number of amides is 1. The Morgan fingerprint density at radius 1 is 1.35 bits per heavy atom. The zero-order valence-electron chi connectivity index (χ0n) is 9.90. The molecule has 2 fully saturated rings. The first-order chi connectivity index (χ1) is 8.22. The molecule has 2 aliphatic heterocycles. The molecule has 90 valence electrons. The lowest BCUT2D eigenvalue weighted by molar-refractivity contribution is -0.133. The Labute approximate surface area is 106 Å². The minimum Gasteiger partial charge on any atom is -0.317 e. The van der Waals surface area contributed by atoms with Crippen molar-refractivity contribution in [2.45, 2.75) is 12.6 Å². The van der Waals surface area contributed by atoms with Crippen molar-refractivity contribution in [1.82, 2.24) is 10.2 Å². The molecule has 2 saturated heterocycles. The second kappa shape index (κ2) is 4.03. The van der Waals surface area contributed by atoms with Crippen molar-refractivity contribution >= 4 is 17.7 Å². The van der Waals surface area contributed by atoms with Crippen molar-refractivity contribution < 1.29 is 4.79 Å². The monoisotopic (exact) mass is 248 g/mol. The third kappa shape index (κ3) is 1.67. The molecule has 2 heterocycles. The van der Waals surface area contributed by atoms with Crippen LogP contribution in [-0.4, -0.2) is 35.4 Å². The SMILES string of the molecule is Cc1ccc(C23CSCC(=O)N2CCN3)cc1. The van der Waals surface area contributed by atoms with Gasteiger partial charge in [-0.25, -0.2) is 0 Å². The summed E-state index contributed by atoms with van der Waals surface area (Å²) in [5, 5.41) is 3.52. The number of aryl methyl sites for hydroxylation is 1. The van der Waals surface area contributed by atoms with Crippen LogP contribution in [0.3, 0.4) is 0 Å². The van der Waals surface area contributed by atoms with Crippen LogP contribution in [0.15, 0.2) is 24.3 Å². The highest BCUT2D eigenvalue weighted by atomic mass is 32.2. The van der Waals surface area contributed by atoms with Gasteiger partial charge in [-0.05, 0) is 12.5 Å². The van der Waals surface area contributed by atoms with Gasteiger partial charge in [0.2, 0.25) is 5.91 Å². The maximum absolute atomic E-state index is 12.0. The van der Waals surface area contributed by atoms with Gasteiger partial charge in [-0.15, -0.1) is 11.8 Å². The summed E-state index contributed by atoms with van der Waals surface area (Å²) in [6, 6.07) is 8.51. The van der Waals surface area contributed by atoms with Gasteiger partial charge in [0.05, 0.1) is 5.75 Å². The molecule has 0 radical (unpaired) electrons. The van der Waals surface area contributed by atoms with E-state index in [0.29, 0.717) is 5.75 Å². The zero-order valence-corrected chi connectivity index (χ0v) is 10.7. The summed E-state index contributed by atoms with van der Waals surface area (Å²) in [6.07, 6.45) is 0. The van der Waals surface area contributed by atoms with Crippen molar-refractivity contribution in [1.29, 1.82) is 0 Å². The number of thioether (sulfide) groups is 1. The maximum atomic E-state index is 12.0. The predicted octanol–water partition coefficient (Wildman–Crippen LogP) is 1.33. The van der Waals surface area contributed by atoms with Crippen LogP contribution >= 0.6 is 11.8 Å². The average Bonchev–Trinajstić information content (AvgIpc) is 2.76. The third-order valence-electron chi connectivity index (χ3n) is 3.58. The lowest BCUT2D eigenvalue weighted by Gasteiger charge is -2.41. The molecule has 1 atom stereocenters. The quantitative estimate of drug-likeness (QED) is 0.813. The zero-order chi connectivity index (χ0) is 11.9. The summed E-state index contributed by atoms with van der Waals surface area (Å²) >= 11 is 1.72. The van der Waals surface area contributed by atoms with Gasteiger partial charge in [0.1, 0.15) is 5.66 Å². The van der Waals surface area contributed by atoms with Crippen molar-refractivity contribution in [2.75, 3.05) is 24.6 Å². The van der Waals surface area contributed by atoms with Crippen molar-refractivity contribution in [3.8, 4) is 0 Å². The number of nitrogens with zero attached hydrogens (tertiary/aromatic N) is 1. The molecule has 0 saturated carbocycles. The highest BCUT2D eigenvalue weighted by Gasteiger charge is 2.47. The van der Waals surface area contributed by atoms with E-state index in [-0.39, 0.29) is 11.6 Å². The molecule has 4 heteroatoms. The number of fused-ring (bicyclic) bond motifs is 1.